The first-order chi connectivity index (χ1) is 9.78. The average molecular weight is 288 g/mol. The molecule has 0 radical (unpaired) electrons. The Labute approximate surface area is 122 Å². The van der Waals surface area contributed by atoms with E-state index < -0.39 is 0 Å². The number of rotatable bonds is 6. The minimum atomic E-state index is 0.368. The van der Waals surface area contributed by atoms with Crippen LogP contribution in [0.25, 0.3) is 10.6 Å². The SMILES string of the molecule is CCOc1ccc(-c2nc(COC)c(CC#N)s2)cc1. The van der Waals surface area contributed by atoms with E-state index >= 15 is 0 Å². The number of nitriles is 1. The fraction of sp³-hybridized carbons (Fsp3) is 0.333. The summed E-state index contributed by atoms with van der Waals surface area (Å²) in [6, 6.07) is 10.00. The Morgan fingerprint density at radius 3 is 2.65 bits per heavy atom. The molecule has 0 aliphatic rings. The number of thiazole rings is 1. The van der Waals surface area contributed by atoms with Crippen LogP contribution in [0.5, 0.6) is 5.75 Å². The van der Waals surface area contributed by atoms with Crippen LogP contribution in [-0.4, -0.2) is 18.7 Å². The summed E-state index contributed by atoms with van der Waals surface area (Å²) in [5.74, 6) is 0.849. The number of methoxy groups -OCH3 is 1. The van der Waals surface area contributed by atoms with E-state index in [9.17, 15) is 0 Å². The number of nitrogens with zero attached hydrogens (tertiary/aromatic N) is 2. The third kappa shape index (κ3) is 3.35. The molecule has 5 heteroatoms. The summed E-state index contributed by atoms with van der Waals surface area (Å²) < 4.78 is 10.6. The molecular weight excluding hydrogens is 272 g/mol. The van der Waals surface area contributed by atoms with Gasteiger partial charge in [0.05, 0.1) is 31.4 Å². The van der Waals surface area contributed by atoms with E-state index in [-0.39, 0.29) is 0 Å². The first kappa shape index (κ1) is 14.5. The molecule has 0 fully saturated rings. The largest absolute Gasteiger partial charge is 0.494 e. The maximum Gasteiger partial charge on any atom is 0.124 e. The number of ether oxygens (including phenoxy) is 2. The number of aromatic nitrogens is 1. The summed E-state index contributed by atoms with van der Waals surface area (Å²) in [5.41, 5.74) is 1.88. The molecule has 0 aliphatic carbocycles. The summed E-state index contributed by atoms with van der Waals surface area (Å²) in [5, 5.41) is 9.77. The second kappa shape index (κ2) is 7.04. The molecule has 0 unspecified atom stereocenters. The van der Waals surface area contributed by atoms with Gasteiger partial charge in [0.1, 0.15) is 10.8 Å². The molecule has 104 valence electrons. The highest BCUT2D eigenvalue weighted by Gasteiger charge is 2.12. The molecule has 0 amide bonds. The molecule has 4 nitrogen and oxygen atoms in total. The predicted octanol–water partition coefficient (Wildman–Crippen LogP) is 3.42. The van der Waals surface area contributed by atoms with E-state index in [0.29, 0.717) is 19.6 Å². The molecule has 0 N–H and O–H groups in total. The molecule has 0 atom stereocenters. The van der Waals surface area contributed by atoms with Crippen LogP contribution in [-0.2, 0) is 17.8 Å². The minimum absolute atomic E-state index is 0.368. The molecule has 0 bridgehead atoms. The Bertz CT molecular complexity index is 599. The van der Waals surface area contributed by atoms with Gasteiger partial charge in [-0.15, -0.1) is 11.3 Å². The highest BCUT2D eigenvalue weighted by Crippen LogP contribution is 2.30. The van der Waals surface area contributed by atoms with E-state index in [0.717, 1.165) is 26.9 Å². The number of hydrogen-bond acceptors (Lipinski definition) is 5. The fourth-order valence-corrected chi connectivity index (χ4v) is 2.83. The smallest absolute Gasteiger partial charge is 0.124 e. The van der Waals surface area contributed by atoms with Crippen molar-refractivity contribution in [1.29, 1.82) is 5.26 Å². The highest BCUT2D eigenvalue weighted by atomic mass is 32.1. The summed E-state index contributed by atoms with van der Waals surface area (Å²) in [6.07, 6.45) is 0.368. The van der Waals surface area contributed by atoms with Crippen molar-refractivity contribution in [3.63, 3.8) is 0 Å². The zero-order valence-corrected chi connectivity index (χ0v) is 12.4. The maximum absolute atomic E-state index is 8.86. The lowest BCUT2D eigenvalue weighted by Gasteiger charge is -2.02. The van der Waals surface area contributed by atoms with E-state index in [2.05, 4.69) is 11.1 Å². The van der Waals surface area contributed by atoms with Crippen molar-refractivity contribution in [2.75, 3.05) is 13.7 Å². The minimum Gasteiger partial charge on any atom is -0.494 e. The highest BCUT2D eigenvalue weighted by molar-refractivity contribution is 7.15. The van der Waals surface area contributed by atoms with Crippen molar-refractivity contribution >= 4 is 11.3 Å². The van der Waals surface area contributed by atoms with Crippen LogP contribution in [0.4, 0.5) is 0 Å². The standard InChI is InChI=1S/C15H16N2O2S/c1-3-19-12-6-4-11(5-7-12)15-17-13(10-18-2)14(20-15)8-9-16/h4-7H,3,8,10H2,1-2H3. The number of hydrogen-bond donors (Lipinski definition) is 0. The molecule has 0 spiro atoms. The molecule has 0 aliphatic heterocycles. The lowest BCUT2D eigenvalue weighted by molar-refractivity contribution is 0.181. The average Bonchev–Trinajstić information content (AvgIpc) is 2.84. The summed E-state index contributed by atoms with van der Waals surface area (Å²) in [7, 11) is 1.63. The van der Waals surface area contributed by atoms with Gasteiger partial charge >= 0.3 is 0 Å². The van der Waals surface area contributed by atoms with Crippen LogP contribution in [0.3, 0.4) is 0 Å². The van der Waals surface area contributed by atoms with Gasteiger partial charge in [-0.1, -0.05) is 0 Å². The maximum atomic E-state index is 8.86. The van der Waals surface area contributed by atoms with Gasteiger partial charge in [-0.3, -0.25) is 0 Å². The van der Waals surface area contributed by atoms with Gasteiger partial charge in [0, 0.05) is 17.6 Å². The fourth-order valence-electron chi connectivity index (χ4n) is 1.83. The molecule has 0 saturated carbocycles. The van der Waals surface area contributed by atoms with Crippen LogP contribution in [0.1, 0.15) is 17.5 Å². The van der Waals surface area contributed by atoms with Crippen molar-refractivity contribution in [1.82, 2.24) is 4.98 Å². The topological polar surface area (TPSA) is 55.1 Å². The Balaban J connectivity index is 2.27. The number of benzene rings is 1. The zero-order valence-electron chi connectivity index (χ0n) is 11.5. The molecule has 2 rings (SSSR count). The second-order valence-corrected chi connectivity index (χ2v) is 5.20. The summed E-state index contributed by atoms with van der Waals surface area (Å²) in [4.78, 5) is 5.54. The third-order valence-electron chi connectivity index (χ3n) is 2.71. The van der Waals surface area contributed by atoms with Crippen molar-refractivity contribution < 1.29 is 9.47 Å². The van der Waals surface area contributed by atoms with Crippen molar-refractivity contribution in [3.8, 4) is 22.4 Å². The first-order valence-electron chi connectivity index (χ1n) is 6.36. The van der Waals surface area contributed by atoms with Gasteiger partial charge in [-0.05, 0) is 31.2 Å². The van der Waals surface area contributed by atoms with E-state index in [1.807, 2.05) is 31.2 Å². The van der Waals surface area contributed by atoms with Crippen molar-refractivity contribution in [2.24, 2.45) is 0 Å². The zero-order chi connectivity index (χ0) is 14.4. The van der Waals surface area contributed by atoms with Crippen LogP contribution in [0, 0.1) is 11.3 Å². The quantitative estimate of drug-likeness (QED) is 0.817. The van der Waals surface area contributed by atoms with Crippen LogP contribution in [0.15, 0.2) is 24.3 Å². The summed E-state index contributed by atoms with van der Waals surface area (Å²) in [6.45, 7) is 3.05. The van der Waals surface area contributed by atoms with Gasteiger partial charge in [-0.25, -0.2) is 4.98 Å². The van der Waals surface area contributed by atoms with E-state index in [1.165, 1.54) is 0 Å². The monoisotopic (exact) mass is 288 g/mol. The van der Waals surface area contributed by atoms with E-state index in [1.54, 1.807) is 18.4 Å². The summed E-state index contributed by atoms with van der Waals surface area (Å²) >= 11 is 1.54. The van der Waals surface area contributed by atoms with Crippen molar-refractivity contribution in [3.05, 3.63) is 34.8 Å². The second-order valence-electron chi connectivity index (χ2n) is 4.11. The van der Waals surface area contributed by atoms with Gasteiger partial charge in [0.2, 0.25) is 0 Å². The third-order valence-corrected chi connectivity index (χ3v) is 3.86. The molecule has 20 heavy (non-hydrogen) atoms. The Morgan fingerprint density at radius 1 is 1.30 bits per heavy atom. The lowest BCUT2D eigenvalue weighted by atomic mass is 10.2. The Kier molecular flexibility index (Phi) is 5.10. The van der Waals surface area contributed by atoms with Crippen molar-refractivity contribution in [2.45, 2.75) is 20.0 Å². The lowest BCUT2D eigenvalue weighted by Crippen LogP contribution is -1.92. The van der Waals surface area contributed by atoms with Crippen LogP contribution < -0.4 is 4.74 Å². The molecule has 1 aromatic carbocycles. The molecule has 1 aromatic heterocycles. The molecule has 1 heterocycles. The molecule has 2 aromatic rings. The van der Waals surface area contributed by atoms with Gasteiger partial charge in [-0.2, -0.15) is 5.26 Å². The Morgan fingerprint density at radius 2 is 2.05 bits per heavy atom. The van der Waals surface area contributed by atoms with Crippen LogP contribution >= 0.6 is 11.3 Å². The van der Waals surface area contributed by atoms with E-state index in [4.69, 9.17) is 14.7 Å². The molecule has 0 saturated heterocycles. The molecular formula is C15H16N2O2S. The normalized spacial score (nSPS) is 10.2. The van der Waals surface area contributed by atoms with Gasteiger partial charge < -0.3 is 9.47 Å². The van der Waals surface area contributed by atoms with Gasteiger partial charge in [0.25, 0.3) is 0 Å². The van der Waals surface area contributed by atoms with Gasteiger partial charge in [0.15, 0.2) is 0 Å². The van der Waals surface area contributed by atoms with Crippen LogP contribution in [0.2, 0.25) is 0 Å². The Hall–Kier alpha value is -1.90. The predicted molar refractivity (Wildman–Crippen MR) is 78.7 cm³/mol. The first-order valence-corrected chi connectivity index (χ1v) is 7.17.